The number of carbonyl (C=O) groups is 1. The molecule has 0 atom stereocenters. The molecule has 0 aromatic carbocycles. The highest BCUT2D eigenvalue weighted by Gasteiger charge is 2.17. The van der Waals surface area contributed by atoms with Gasteiger partial charge in [0.05, 0.1) is 11.6 Å². The van der Waals surface area contributed by atoms with Gasteiger partial charge in [-0.25, -0.2) is 9.97 Å². The van der Waals surface area contributed by atoms with Gasteiger partial charge in [-0.1, -0.05) is 19.1 Å². The summed E-state index contributed by atoms with van der Waals surface area (Å²) in [5.74, 6) is 0.515. The van der Waals surface area contributed by atoms with Crippen LogP contribution >= 0.6 is 11.3 Å². The number of carbonyl (C=O) groups excluding carboxylic acids is 1. The molecule has 3 heterocycles. The second-order valence-electron chi connectivity index (χ2n) is 4.98. The van der Waals surface area contributed by atoms with E-state index < -0.39 is 0 Å². The van der Waals surface area contributed by atoms with Gasteiger partial charge < -0.3 is 5.32 Å². The van der Waals surface area contributed by atoms with E-state index in [4.69, 9.17) is 0 Å². The Bertz CT molecular complexity index is 806. The first-order valence-corrected chi connectivity index (χ1v) is 7.34. The molecule has 0 saturated heterocycles. The summed E-state index contributed by atoms with van der Waals surface area (Å²) in [6.07, 6.45) is 3.01. The second-order valence-corrected chi connectivity index (χ2v) is 5.84. The summed E-state index contributed by atoms with van der Waals surface area (Å²) in [5.41, 5.74) is 1.38. The third-order valence-electron chi connectivity index (χ3n) is 3.09. The molecule has 0 aliphatic carbocycles. The molecule has 8 heteroatoms. The van der Waals surface area contributed by atoms with Gasteiger partial charge in [0.15, 0.2) is 5.69 Å². The minimum Gasteiger partial charge on any atom is -0.304 e. The first kappa shape index (κ1) is 13.6. The Morgan fingerprint density at radius 3 is 2.86 bits per heavy atom. The van der Waals surface area contributed by atoms with Crippen LogP contribution in [0, 0.1) is 0 Å². The van der Waals surface area contributed by atoms with E-state index in [0.717, 1.165) is 15.8 Å². The Labute approximate surface area is 125 Å². The average Bonchev–Trinajstić information content (AvgIpc) is 3.05. The van der Waals surface area contributed by atoms with Crippen molar-refractivity contribution in [1.82, 2.24) is 25.0 Å². The number of hydrogen-bond donors (Lipinski definition) is 1. The number of fused-ring (bicyclic) bond motifs is 1. The maximum atomic E-state index is 12.2. The van der Waals surface area contributed by atoms with E-state index in [2.05, 4.69) is 44.8 Å². The van der Waals surface area contributed by atoms with Gasteiger partial charge in [0, 0.05) is 7.05 Å². The van der Waals surface area contributed by atoms with Crippen LogP contribution in [0.5, 0.6) is 0 Å². The molecule has 0 unspecified atom stereocenters. The lowest BCUT2D eigenvalue weighted by Gasteiger charge is -2.07. The lowest BCUT2D eigenvalue weighted by Crippen LogP contribution is -2.14. The third-order valence-corrected chi connectivity index (χ3v) is 3.99. The standard InChI is InChI=1S/C13H14N6OS/c1-7(2)8-5-21-13-10(8)11(14-6-15-13)16-12(20)9-4-19(3)18-17-9/h4-7H,1-3H3,(H,14,15,16,20). The Kier molecular flexibility index (Phi) is 3.38. The van der Waals surface area contributed by atoms with Gasteiger partial charge in [0.1, 0.15) is 17.0 Å². The molecular formula is C13H14N6OS. The Hall–Kier alpha value is -2.35. The van der Waals surface area contributed by atoms with Gasteiger partial charge in [-0.3, -0.25) is 9.48 Å². The maximum absolute atomic E-state index is 12.2. The summed E-state index contributed by atoms with van der Waals surface area (Å²) >= 11 is 1.55. The first-order valence-electron chi connectivity index (χ1n) is 6.46. The van der Waals surface area contributed by atoms with Gasteiger partial charge >= 0.3 is 0 Å². The summed E-state index contributed by atoms with van der Waals surface area (Å²) in [6.45, 7) is 4.20. The van der Waals surface area contributed by atoms with E-state index in [1.54, 1.807) is 24.6 Å². The largest absolute Gasteiger partial charge is 0.304 e. The number of aromatic nitrogens is 5. The third kappa shape index (κ3) is 2.49. The van der Waals surface area contributed by atoms with E-state index in [9.17, 15) is 4.79 Å². The van der Waals surface area contributed by atoms with E-state index in [0.29, 0.717) is 11.7 Å². The zero-order valence-corrected chi connectivity index (χ0v) is 12.7. The molecule has 0 bridgehead atoms. The number of amides is 1. The molecule has 21 heavy (non-hydrogen) atoms. The number of rotatable bonds is 3. The second kappa shape index (κ2) is 5.21. The molecule has 3 rings (SSSR count). The summed E-state index contributed by atoms with van der Waals surface area (Å²) < 4.78 is 1.48. The molecule has 0 aliphatic heterocycles. The van der Waals surface area contributed by atoms with Crippen molar-refractivity contribution >= 4 is 33.3 Å². The van der Waals surface area contributed by atoms with E-state index >= 15 is 0 Å². The van der Waals surface area contributed by atoms with Crippen molar-refractivity contribution < 1.29 is 4.79 Å². The number of hydrogen-bond acceptors (Lipinski definition) is 6. The Morgan fingerprint density at radius 1 is 1.38 bits per heavy atom. The molecule has 0 aliphatic rings. The van der Waals surface area contributed by atoms with Gasteiger partial charge in [0.25, 0.3) is 5.91 Å². The van der Waals surface area contributed by atoms with Crippen LogP contribution in [0.1, 0.15) is 35.8 Å². The number of aryl methyl sites for hydroxylation is 1. The smallest absolute Gasteiger partial charge is 0.279 e. The van der Waals surface area contributed by atoms with Crippen molar-refractivity contribution in [2.24, 2.45) is 7.05 Å². The summed E-state index contributed by atoms with van der Waals surface area (Å²) in [4.78, 5) is 21.5. The molecule has 0 radical (unpaired) electrons. The summed E-state index contributed by atoms with van der Waals surface area (Å²) in [7, 11) is 1.71. The van der Waals surface area contributed by atoms with Gasteiger partial charge in [0.2, 0.25) is 0 Å². The minimum absolute atomic E-state index is 0.255. The van der Waals surface area contributed by atoms with Crippen molar-refractivity contribution in [2.45, 2.75) is 19.8 Å². The first-order chi connectivity index (χ1) is 10.1. The predicted molar refractivity (Wildman–Crippen MR) is 80.5 cm³/mol. The zero-order valence-electron chi connectivity index (χ0n) is 11.9. The number of nitrogens with one attached hydrogen (secondary N) is 1. The van der Waals surface area contributed by atoms with Crippen molar-refractivity contribution in [3.05, 3.63) is 29.2 Å². The molecule has 3 aromatic rings. The molecular weight excluding hydrogens is 288 g/mol. The minimum atomic E-state index is -0.330. The van der Waals surface area contributed by atoms with E-state index in [1.807, 2.05) is 0 Å². The fourth-order valence-corrected chi connectivity index (χ4v) is 3.11. The van der Waals surface area contributed by atoms with Crippen LogP contribution < -0.4 is 5.32 Å². The fraction of sp³-hybridized carbons (Fsp3) is 0.308. The topological polar surface area (TPSA) is 85.6 Å². The number of thiophene rings is 1. The molecule has 1 N–H and O–H groups in total. The molecule has 0 spiro atoms. The number of anilines is 1. The molecule has 0 fully saturated rings. The Balaban J connectivity index is 2.00. The van der Waals surface area contributed by atoms with Gasteiger partial charge in [-0.05, 0) is 16.9 Å². The lowest BCUT2D eigenvalue weighted by molar-refractivity contribution is 0.102. The molecule has 3 aromatic heterocycles. The highest BCUT2D eigenvalue weighted by atomic mass is 32.1. The van der Waals surface area contributed by atoms with Crippen LogP contribution in [0.15, 0.2) is 17.9 Å². The van der Waals surface area contributed by atoms with Crippen molar-refractivity contribution in [1.29, 1.82) is 0 Å². The normalized spacial score (nSPS) is 11.2. The van der Waals surface area contributed by atoms with Crippen molar-refractivity contribution in [3.63, 3.8) is 0 Å². The zero-order chi connectivity index (χ0) is 15.0. The fourth-order valence-electron chi connectivity index (χ4n) is 2.04. The molecule has 0 saturated carbocycles. The van der Waals surface area contributed by atoms with Crippen LogP contribution in [0.3, 0.4) is 0 Å². The summed E-state index contributed by atoms with van der Waals surface area (Å²) in [5, 5.41) is 13.3. The van der Waals surface area contributed by atoms with Crippen molar-refractivity contribution in [3.8, 4) is 0 Å². The van der Waals surface area contributed by atoms with Gasteiger partial charge in [-0.15, -0.1) is 16.4 Å². The quantitative estimate of drug-likeness (QED) is 0.801. The average molecular weight is 302 g/mol. The molecule has 7 nitrogen and oxygen atoms in total. The van der Waals surface area contributed by atoms with Crippen molar-refractivity contribution in [2.75, 3.05) is 5.32 Å². The van der Waals surface area contributed by atoms with Crippen LogP contribution in [-0.2, 0) is 7.05 Å². The van der Waals surface area contributed by atoms with Crippen LogP contribution in [0.4, 0.5) is 5.82 Å². The maximum Gasteiger partial charge on any atom is 0.279 e. The molecule has 108 valence electrons. The molecule has 1 amide bonds. The van der Waals surface area contributed by atoms with E-state index in [-0.39, 0.29) is 11.6 Å². The van der Waals surface area contributed by atoms with Crippen LogP contribution in [0.2, 0.25) is 0 Å². The van der Waals surface area contributed by atoms with Gasteiger partial charge in [-0.2, -0.15) is 0 Å². The Morgan fingerprint density at radius 2 is 2.19 bits per heavy atom. The highest BCUT2D eigenvalue weighted by molar-refractivity contribution is 7.17. The SMILES string of the molecule is CC(C)c1csc2ncnc(NC(=O)c3cn(C)nn3)c12. The van der Waals surface area contributed by atoms with E-state index in [1.165, 1.54) is 11.0 Å². The summed E-state index contributed by atoms with van der Waals surface area (Å²) in [6, 6.07) is 0. The monoisotopic (exact) mass is 302 g/mol. The van der Waals surface area contributed by atoms with Crippen LogP contribution in [0.25, 0.3) is 10.2 Å². The predicted octanol–water partition coefficient (Wildman–Crippen LogP) is 2.20. The van der Waals surface area contributed by atoms with Crippen LogP contribution in [-0.4, -0.2) is 30.9 Å². The highest BCUT2D eigenvalue weighted by Crippen LogP contribution is 2.33. The lowest BCUT2D eigenvalue weighted by atomic mass is 10.0. The number of nitrogens with zero attached hydrogens (tertiary/aromatic N) is 5.